The summed E-state index contributed by atoms with van der Waals surface area (Å²) in [6, 6.07) is 0. The Bertz CT molecular complexity index is 218. The predicted molar refractivity (Wildman–Crippen MR) is 53.3 cm³/mol. The van der Waals surface area contributed by atoms with E-state index in [-0.39, 0.29) is 0 Å². The summed E-state index contributed by atoms with van der Waals surface area (Å²) in [5.41, 5.74) is 0. The van der Waals surface area contributed by atoms with Crippen molar-refractivity contribution in [2.45, 2.75) is 26.0 Å². The lowest BCUT2D eigenvalue weighted by atomic mass is 10.1. The van der Waals surface area contributed by atoms with Crippen molar-refractivity contribution in [3.63, 3.8) is 0 Å². The molecule has 0 aliphatic carbocycles. The zero-order chi connectivity index (χ0) is 8.27. The zero-order valence-electron chi connectivity index (χ0n) is 6.87. The number of nitrogens with zero attached hydrogens (tertiary/aromatic N) is 1. The summed E-state index contributed by atoms with van der Waals surface area (Å²) in [6.45, 7) is 4.42. The normalized spacial score (nSPS) is 10.9. The molecule has 1 heterocycles. The highest BCUT2D eigenvalue weighted by molar-refractivity contribution is 7.79. The largest absolute Gasteiger partial charge is 0.249 e. The van der Waals surface area contributed by atoms with Gasteiger partial charge in [-0.1, -0.05) is 13.8 Å². The first-order valence-corrected chi connectivity index (χ1v) is 5.21. The van der Waals surface area contributed by atoms with E-state index in [0.717, 1.165) is 12.2 Å². The Labute approximate surface area is 77.3 Å². The average Bonchev–Trinajstić information content (AvgIpc) is 2.34. The molecule has 0 spiro atoms. The van der Waals surface area contributed by atoms with Crippen LogP contribution in [0.1, 0.15) is 23.7 Å². The number of thiazole rings is 1. The molecule has 11 heavy (non-hydrogen) atoms. The van der Waals surface area contributed by atoms with Crippen LogP contribution in [-0.2, 0) is 12.2 Å². The summed E-state index contributed by atoms with van der Waals surface area (Å²) < 4.78 is 0. The van der Waals surface area contributed by atoms with Gasteiger partial charge in [0.25, 0.3) is 0 Å². The fourth-order valence-electron chi connectivity index (χ4n) is 0.865. The van der Waals surface area contributed by atoms with Crippen molar-refractivity contribution in [1.82, 2.24) is 4.98 Å². The molecule has 1 nitrogen and oxygen atoms in total. The van der Waals surface area contributed by atoms with Crippen LogP contribution in [0.2, 0.25) is 0 Å². The van der Waals surface area contributed by atoms with Gasteiger partial charge in [-0.15, -0.1) is 11.3 Å². The molecule has 0 aromatic carbocycles. The summed E-state index contributed by atoms with van der Waals surface area (Å²) in [6.07, 6.45) is 3.02. The van der Waals surface area contributed by atoms with Crippen molar-refractivity contribution in [3.8, 4) is 0 Å². The minimum atomic E-state index is 0.703. The third kappa shape index (κ3) is 2.83. The first-order valence-electron chi connectivity index (χ1n) is 3.77. The van der Waals surface area contributed by atoms with Gasteiger partial charge in [0.15, 0.2) is 0 Å². The molecule has 0 aliphatic heterocycles. The van der Waals surface area contributed by atoms with E-state index in [1.54, 1.807) is 11.3 Å². The first kappa shape index (κ1) is 9.07. The molecule has 0 fully saturated rings. The SMILES string of the molecule is CC(C)Cc1ncc(CS)s1. The molecular formula is C8H13NS2. The highest BCUT2D eigenvalue weighted by Crippen LogP contribution is 2.17. The minimum Gasteiger partial charge on any atom is -0.249 e. The second-order valence-electron chi connectivity index (χ2n) is 2.98. The van der Waals surface area contributed by atoms with Crippen molar-refractivity contribution < 1.29 is 0 Å². The lowest BCUT2D eigenvalue weighted by Gasteiger charge is -1.97. The maximum Gasteiger partial charge on any atom is 0.0930 e. The number of hydrogen-bond donors (Lipinski definition) is 1. The smallest absolute Gasteiger partial charge is 0.0930 e. The lowest BCUT2D eigenvalue weighted by molar-refractivity contribution is 0.644. The number of thiol groups is 1. The van der Waals surface area contributed by atoms with Crippen molar-refractivity contribution in [2.24, 2.45) is 5.92 Å². The Kier molecular flexibility index (Phi) is 3.40. The molecule has 62 valence electrons. The van der Waals surface area contributed by atoms with Gasteiger partial charge >= 0.3 is 0 Å². The van der Waals surface area contributed by atoms with Crippen molar-refractivity contribution in [3.05, 3.63) is 16.1 Å². The van der Waals surface area contributed by atoms with E-state index < -0.39 is 0 Å². The molecule has 1 rings (SSSR count). The summed E-state index contributed by atoms with van der Waals surface area (Å²) in [7, 11) is 0. The van der Waals surface area contributed by atoms with Crippen LogP contribution in [0.15, 0.2) is 6.20 Å². The Balaban J connectivity index is 2.58. The molecule has 0 saturated carbocycles. The van der Waals surface area contributed by atoms with Gasteiger partial charge in [0.05, 0.1) is 5.01 Å². The molecule has 0 saturated heterocycles. The van der Waals surface area contributed by atoms with E-state index in [1.807, 2.05) is 6.20 Å². The van der Waals surface area contributed by atoms with Crippen LogP contribution >= 0.6 is 24.0 Å². The Morgan fingerprint density at radius 1 is 1.64 bits per heavy atom. The zero-order valence-corrected chi connectivity index (χ0v) is 8.58. The van der Waals surface area contributed by atoms with Crippen LogP contribution in [0.25, 0.3) is 0 Å². The summed E-state index contributed by atoms with van der Waals surface area (Å²) in [4.78, 5) is 5.56. The van der Waals surface area contributed by atoms with Crippen molar-refractivity contribution in [2.75, 3.05) is 0 Å². The van der Waals surface area contributed by atoms with Gasteiger partial charge < -0.3 is 0 Å². The molecule has 0 amide bonds. The van der Waals surface area contributed by atoms with E-state index in [1.165, 1.54) is 9.88 Å². The van der Waals surface area contributed by atoms with E-state index in [0.29, 0.717) is 5.92 Å². The summed E-state index contributed by atoms with van der Waals surface area (Å²) >= 11 is 5.96. The maximum atomic E-state index is 4.30. The molecule has 1 aromatic rings. The van der Waals surface area contributed by atoms with Crippen LogP contribution < -0.4 is 0 Å². The molecule has 0 N–H and O–H groups in total. The van der Waals surface area contributed by atoms with Crippen LogP contribution in [0, 0.1) is 5.92 Å². The Morgan fingerprint density at radius 3 is 2.82 bits per heavy atom. The van der Waals surface area contributed by atoms with Gasteiger partial charge in [-0.25, -0.2) is 4.98 Å². The van der Waals surface area contributed by atoms with Gasteiger partial charge in [0.1, 0.15) is 0 Å². The third-order valence-electron chi connectivity index (χ3n) is 1.34. The second kappa shape index (κ2) is 4.12. The standard InChI is InChI=1S/C8H13NS2/c1-6(2)3-8-9-4-7(5-10)11-8/h4,6,10H,3,5H2,1-2H3. The van der Waals surface area contributed by atoms with E-state index >= 15 is 0 Å². The third-order valence-corrected chi connectivity index (χ3v) is 2.91. The quantitative estimate of drug-likeness (QED) is 0.718. The highest BCUT2D eigenvalue weighted by atomic mass is 32.1. The average molecular weight is 187 g/mol. The van der Waals surface area contributed by atoms with E-state index in [9.17, 15) is 0 Å². The number of rotatable bonds is 3. The topological polar surface area (TPSA) is 12.9 Å². The minimum absolute atomic E-state index is 0.703. The van der Waals surface area contributed by atoms with Crippen LogP contribution in [0.3, 0.4) is 0 Å². The number of aromatic nitrogens is 1. The van der Waals surface area contributed by atoms with Crippen molar-refractivity contribution in [1.29, 1.82) is 0 Å². The molecule has 0 aliphatic rings. The van der Waals surface area contributed by atoms with Crippen molar-refractivity contribution >= 4 is 24.0 Å². The molecular weight excluding hydrogens is 174 g/mol. The van der Waals surface area contributed by atoms with Gasteiger partial charge in [0.2, 0.25) is 0 Å². The van der Waals surface area contributed by atoms with E-state index in [2.05, 4.69) is 31.5 Å². The number of hydrogen-bond acceptors (Lipinski definition) is 3. The van der Waals surface area contributed by atoms with Gasteiger partial charge in [0, 0.05) is 23.2 Å². The van der Waals surface area contributed by atoms with Gasteiger partial charge in [-0.3, -0.25) is 0 Å². The Hall–Kier alpha value is -0.0200. The summed E-state index contributed by atoms with van der Waals surface area (Å²) in [5.74, 6) is 1.52. The van der Waals surface area contributed by atoms with Gasteiger partial charge in [-0.2, -0.15) is 12.6 Å². The Morgan fingerprint density at radius 2 is 2.36 bits per heavy atom. The van der Waals surface area contributed by atoms with Gasteiger partial charge in [-0.05, 0) is 5.92 Å². The fraction of sp³-hybridized carbons (Fsp3) is 0.625. The van der Waals surface area contributed by atoms with Crippen LogP contribution in [0.4, 0.5) is 0 Å². The van der Waals surface area contributed by atoms with Crippen LogP contribution in [-0.4, -0.2) is 4.98 Å². The molecule has 3 heteroatoms. The molecule has 1 aromatic heterocycles. The molecule has 0 unspecified atom stereocenters. The van der Waals surface area contributed by atoms with E-state index in [4.69, 9.17) is 0 Å². The van der Waals surface area contributed by atoms with Crippen LogP contribution in [0.5, 0.6) is 0 Å². The lowest BCUT2D eigenvalue weighted by Crippen LogP contribution is -1.91. The monoisotopic (exact) mass is 187 g/mol. The predicted octanol–water partition coefficient (Wildman–Crippen LogP) is 2.77. The fourth-order valence-corrected chi connectivity index (χ4v) is 2.13. The second-order valence-corrected chi connectivity index (χ2v) is 4.49. The summed E-state index contributed by atoms with van der Waals surface area (Å²) in [5, 5.41) is 1.24. The molecule has 0 atom stereocenters. The highest BCUT2D eigenvalue weighted by Gasteiger charge is 2.02. The first-order chi connectivity index (χ1) is 5.22. The molecule has 0 bridgehead atoms. The molecule has 0 radical (unpaired) electrons. The maximum absolute atomic E-state index is 4.30.